The second-order valence-electron chi connectivity index (χ2n) is 4.17. The van der Waals surface area contributed by atoms with Crippen molar-refractivity contribution in [2.75, 3.05) is 6.61 Å². The van der Waals surface area contributed by atoms with Gasteiger partial charge in [-0.3, -0.25) is 0 Å². The molecule has 0 rings (SSSR count). The fraction of sp³-hybridized carbons (Fsp3) is 0.923. The van der Waals surface area contributed by atoms with E-state index in [0.29, 0.717) is 5.05 Å². The predicted molar refractivity (Wildman–Crippen MR) is 71.5 cm³/mol. The molecule has 0 aromatic carbocycles. The van der Waals surface area contributed by atoms with E-state index in [0.717, 1.165) is 13.0 Å². The van der Waals surface area contributed by atoms with Crippen molar-refractivity contribution >= 4 is 17.3 Å². The molecule has 0 atom stereocenters. The normalized spacial score (nSPS) is 10.3. The van der Waals surface area contributed by atoms with Crippen LogP contribution in [0, 0.1) is 0 Å². The second kappa shape index (κ2) is 12.0. The van der Waals surface area contributed by atoms with E-state index in [1.807, 2.05) is 6.92 Å². The molecule has 0 aromatic rings. The number of unbranched alkanes of at least 4 members (excludes halogenated alkanes) is 8. The van der Waals surface area contributed by atoms with Crippen LogP contribution in [0.25, 0.3) is 0 Å². The lowest BCUT2D eigenvalue weighted by molar-refractivity contribution is 0.297. The minimum atomic E-state index is 0.676. The van der Waals surface area contributed by atoms with Crippen LogP contribution >= 0.6 is 12.2 Å². The molecule has 0 aliphatic heterocycles. The minimum Gasteiger partial charge on any atom is -0.487 e. The van der Waals surface area contributed by atoms with Gasteiger partial charge in [0.1, 0.15) is 0 Å². The van der Waals surface area contributed by atoms with Gasteiger partial charge < -0.3 is 4.74 Å². The molecule has 0 radical (unpaired) electrons. The van der Waals surface area contributed by atoms with Crippen LogP contribution in [0.5, 0.6) is 0 Å². The molecule has 90 valence electrons. The third-order valence-corrected chi connectivity index (χ3v) is 2.67. The Bertz CT molecular complexity index is 145. The zero-order valence-electron chi connectivity index (χ0n) is 10.4. The minimum absolute atomic E-state index is 0.676. The topological polar surface area (TPSA) is 9.23 Å². The van der Waals surface area contributed by atoms with Crippen molar-refractivity contribution in [3.05, 3.63) is 0 Å². The van der Waals surface area contributed by atoms with Crippen LogP contribution in [0.1, 0.15) is 71.6 Å². The molecule has 0 aliphatic carbocycles. The first-order valence-corrected chi connectivity index (χ1v) is 6.81. The van der Waals surface area contributed by atoms with Crippen molar-refractivity contribution in [3.63, 3.8) is 0 Å². The number of hydrogen-bond acceptors (Lipinski definition) is 2. The summed E-state index contributed by atoms with van der Waals surface area (Å²) in [6.45, 7) is 4.91. The number of rotatable bonds is 10. The number of thiocarbonyl (C=S) groups is 1. The fourth-order valence-corrected chi connectivity index (χ4v) is 1.71. The van der Waals surface area contributed by atoms with E-state index in [1.165, 1.54) is 51.4 Å². The van der Waals surface area contributed by atoms with Crippen molar-refractivity contribution in [1.29, 1.82) is 0 Å². The fourth-order valence-electron chi connectivity index (χ4n) is 1.63. The quantitative estimate of drug-likeness (QED) is 0.391. The molecular formula is C13H26OS. The van der Waals surface area contributed by atoms with Crippen LogP contribution < -0.4 is 0 Å². The highest BCUT2D eigenvalue weighted by atomic mass is 32.1. The Hall–Kier alpha value is -0.110. The Balaban J connectivity index is 2.89. The van der Waals surface area contributed by atoms with Crippen LogP contribution in [0.3, 0.4) is 0 Å². The zero-order chi connectivity index (χ0) is 11.4. The highest BCUT2D eigenvalue weighted by Gasteiger charge is 1.92. The largest absolute Gasteiger partial charge is 0.487 e. The van der Waals surface area contributed by atoms with Crippen LogP contribution in [0.15, 0.2) is 0 Å². The first kappa shape index (κ1) is 14.9. The van der Waals surface area contributed by atoms with E-state index in [4.69, 9.17) is 17.0 Å². The van der Waals surface area contributed by atoms with Crippen molar-refractivity contribution in [1.82, 2.24) is 0 Å². The monoisotopic (exact) mass is 230 g/mol. The summed E-state index contributed by atoms with van der Waals surface area (Å²) < 4.78 is 5.23. The number of hydrogen-bond donors (Lipinski definition) is 0. The molecule has 0 saturated heterocycles. The van der Waals surface area contributed by atoms with Gasteiger partial charge >= 0.3 is 0 Å². The Morgan fingerprint density at radius 3 is 1.80 bits per heavy atom. The van der Waals surface area contributed by atoms with Gasteiger partial charge in [0.05, 0.1) is 6.61 Å². The van der Waals surface area contributed by atoms with Crippen LogP contribution in [-0.2, 0) is 4.74 Å². The lowest BCUT2D eigenvalue weighted by atomic mass is 10.1. The summed E-state index contributed by atoms with van der Waals surface area (Å²) in [4.78, 5) is 0. The molecule has 0 aliphatic rings. The maximum Gasteiger partial charge on any atom is 0.156 e. The Morgan fingerprint density at radius 1 is 0.867 bits per heavy atom. The SMILES string of the molecule is CCCCCCCCCCCOC(C)=S. The highest BCUT2D eigenvalue weighted by molar-refractivity contribution is 7.80. The van der Waals surface area contributed by atoms with E-state index < -0.39 is 0 Å². The van der Waals surface area contributed by atoms with E-state index >= 15 is 0 Å². The summed E-state index contributed by atoms with van der Waals surface area (Å²) in [5.74, 6) is 0. The first-order valence-electron chi connectivity index (χ1n) is 6.40. The molecule has 0 unspecified atom stereocenters. The zero-order valence-corrected chi connectivity index (χ0v) is 11.2. The summed E-state index contributed by atoms with van der Waals surface area (Å²) in [7, 11) is 0. The van der Waals surface area contributed by atoms with E-state index in [9.17, 15) is 0 Å². The molecule has 0 bridgehead atoms. The molecule has 0 heterocycles. The van der Waals surface area contributed by atoms with Crippen molar-refractivity contribution in [2.24, 2.45) is 0 Å². The lowest BCUT2D eigenvalue weighted by Gasteiger charge is -2.03. The summed E-state index contributed by atoms with van der Waals surface area (Å²) >= 11 is 4.83. The molecule has 1 nitrogen and oxygen atoms in total. The van der Waals surface area contributed by atoms with Gasteiger partial charge in [0.2, 0.25) is 0 Å². The van der Waals surface area contributed by atoms with Crippen molar-refractivity contribution < 1.29 is 4.74 Å². The van der Waals surface area contributed by atoms with Gasteiger partial charge in [-0.2, -0.15) is 0 Å². The summed E-state index contributed by atoms with van der Waals surface area (Å²) in [5.41, 5.74) is 0. The molecule has 0 spiro atoms. The van der Waals surface area contributed by atoms with Crippen molar-refractivity contribution in [2.45, 2.75) is 71.6 Å². The summed E-state index contributed by atoms with van der Waals surface area (Å²) in [5, 5.41) is 0.676. The maximum absolute atomic E-state index is 5.23. The van der Waals surface area contributed by atoms with E-state index in [1.54, 1.807) is 0 Å². The molecular weight excluding hydrogens is 204 g/mol. The smallest absolute Gasteiger partial charge is 0.156 e. The van der Waals surface area contributed by atoms with E-state index in [-0.39, 0.29) is 0 Å². The average Bonchev–Trinajstić information content (AvgIpc) is 2.20. The predicted octanol–water partition coefficient (Wildman–Crippen LogP) is 4.88. The van der Waals surface area contributed by atoms with Gasteiger partial charge in [-0.25, -0.2) is 0 Å². The van der Waals surface area contributed by atoms with Gasteiger partial charge in [-0.1, -0.05) is 58.3 Å². The van der Waals surface area contributed by atoms with Gasteiger partial charge in [0.15, 0.2) is 5.05 Å². The molecule has 0 aromatic heterocycles. The molecule has 0 N–H and O–H groups in total. The summed E-state index contributed by atoms with van der Waals surface area (Å²) in [6, 6.07) is 0. The Labute approximate surface area is 101 Å². The van der Waals surface area contributed by atoms with Crippen LogP contribution in [-0.4, -0.2) is 11.7 Å². The molecule has 0 saturated carbocycles. The average molecular weight is 230 g/mol. The Kier molecular flexibility index (Phi) is 11.9. The second-order valence-corrected chi connectivity index (χ2v) is 4.74. The lowest BCUT2D eigenvalue weighted by Crippen LogP contribution is -1.97. The summed E-state index contributed by atoms with van der Waals surface area (Å²) in [6.07, 6.45) is 12.2. The highest BCUT2D eigenvalue weighted by Crippen LogP contribution is 2.09. The standard InChI is InChI=1S/C13H26OS/c1-3-4-5-6-7-8-9-10-11-12-14-13(2)15/h3-12H2,1-2H3. The van der Waals surface area contributed by atoms with Gasteiger partial charge in [0, 0.05) is 6.92 Å². The van der Waals surface area contributed by atoms with Crippen LogP contribution in [0.4, 0.5) is 0 Å². The van der Waals surface area contributed by atoms with Gasteiger partial charge in [-0.05, 0) is 18.6 Å². The molecule has 2 heteroatoms. The third kappa shape index (κ3) is 13.9. The van der Waals surface area contributed by atoms with E-state index in [2.05, 4.69) is 6.92 Å². The Morgan fingerprint density at radius 2 is 1.33 bits per heavy atom. The molecule has 0 amide bonds. The van der Waals surface area contributed by atoms with Crippen LogP contribution in [0.2, 0.25) is 0 Å². The molecule has 15 heavy (non-hydrogen) atoms. The third-order valence-electron chi connectivity index (χ3n) is 2.55. The molecule has 0 fully saturated rings. The van der Waals surface area contributed by atoms with Gasteiger partial charge in [-0.15, -0.1) is 0 Å². The maximum atomic E-state index is 5.23. The van der Waals surface area contributed by atoms with Gasteiger partial charge in [0.25, 0.3) is 0 Å². The van der Waals surface area contributed by atoms with Crippen molar-refractivity contribution in [3.8, 4) is 0 Å². The number of ether oxygens (including phenoxy) is 1. The first-order chi connectivity index (χ1) is 7.27.